The summed E-state index contributed by atoms with van der Waals surface area (Å²) in [5, 5.41) is 0. The van der Waals surface area contributed by atoms with Crippen molar-refractivity contribution in [2.75, 3.05) is 24.5 Å². The second kappa shape index (κ2) is 3.81. The zero-order valence-corrected chi connectivity index (χ0v) is 9.42. The van der Waals surface area contributed by atoms with E-state index in [4.69, 9.17) is 5.73 Å². The number of hydrogen-bond donors (Lipinski definition) is 1. The quantitative estimate of drug-likeness (QED) is 0.700. The summed E-state index contributed by atoms with van der Waals surface area (Å²) in [6, 6.07) is 0. The van der Waals surface area contributed by atoms with Crippen molar-refractivity contribution in [1.82, 2.24) is 0 Å². The van der Waals surface area contributed by atoms with Crippen LogP contribution >= 0.6 is 10.0 Å². The predicted octanol–water partition coefficient (Wildman–Crippen LogP) is 2.20. The highest BCUT2D eigenvalue weighted by atomic mass is 32.3. The Balaban J connectivity index is 3.44. The van der Waals surface area contributed by atoms with Gasteiger partial charge >= 0.3 is 0 Å². The van der Waals surface area contributed by atoms with Gasteiger partial charge in [-0.05, 0) is 51.2 Å². The van der Waals surface area contributed by atoms with Crippen molar-refractivity contribution in [3.05, 3.63) is 0 Å². The van der Waals surface area contributed by atoms with Gasteiger partial charge < -0.3 is 5.73 Å². The summed E-state index contributed by atoms with van der Waals surface area (Å²) >= 11 is 0. The Morgan fingerprint density at radius 3 is 1.91 bits per heavy atom. The van der Waals surface area contributed by atoms with Crippen LogP contribution in [0, 0.1) is 0 Å². The van der Waals surface area contributed by atoms with Crippen LogP contribution in [0.3, 0.4) is 0 Å². The fraction of sp³-hybridized carbons (Fsp3) is 1.00. The van der Waals surface area contributed by atoms with E-state index in [9.17, 15) is 0 Å². The average Bonchev–Trinajstić information content (AvgIpc) is 1.55. The second-order valence-electron chi connectivity index (χ2n) is 4.89. The fourth-order valence-corrected chi connectivity index (χ4v) is 1.97. The molecule has 0 unspecified atom stereocenters. The molecule has 0 saturated carbocycles. The minimum absolute atomic E-state index is 0.0324. The number of rotatable bonds is 4. The maximum Gasteiger partial charge on any atom is 0.00973 e. The molecule has 0 aliphatic rings. The van der Waals surface area contributed by atoms with E-state index in [1.54, 1.807) is 0 Å². The molecule has 0 amide bonds. The van der Waals surface area contributed by atoms with Crippen molar-refractivity contribution in [3.63, 3.8) is 0 Å². The molecule has 0 aliphatic heterocycles. The topological polar surface area (TPSA) is 26.0 Å². The van der Waals surface area contributed by atoms with E-state index in [1.165, 1.54) is 12.2 Å². The van der Waals surface area contributed by atoms with Crippen LogP contribution in [0.15, 0.2) is 0 Å². The van der Waals surface area contributed by atoms with Gasteiger partial charge in [-0.25, -0.2) is 10.0 Å². The van der Waals surface area contributed by atoms with Gasteiger partial charge in [0, 0.05) is 5.54 Å². The molecule has 11 heavy (non-hydrogen) atoms. The van der Waals surface area contributed by atoms with Gasteiger partial charge in [0.25, 0.3) is 0 Å². The van der Waals surface area contributed by atoms with Gasteiger partial charge in [-0.3, -0.25) is 0 Å². The Hall–Kier alpha value is 0.310. The third-order valence-corrected chi connectivity index (χ3v) is 3.09. The molecule has 0 fully saturated rings. The zero-order valence-electron chi connectivity index (χ0n) is 8.61. The molecule has 70 valence electrons. The molecular weight excluding hydrogens is 154 g/mol. The van der Waals surface area contributed by atoms with Crippen LogP contribution in [-0.4, -0.2) is 30.1 Å². The lowest BCUT2D eigenvalue weighted by molar-refractivity contribution is 0.472. The Kier molecular flexibility index (Phi) is 3.92. The minimum Gasteiger partial charge on any atom is -0.326 e. The van der Waals surface area contributed by atoms with Crippen molar-refractivity contribution in [1.29, 1.82) is 0 Å². The van der Waals surface area contributed by atoms with Crippen LogP contribution in [-0.2, 0) is 0 Å². The molecule has 0 spiro atoms. The van der Waals surface area contributed by atoms with Gasteiger partial charge in [0.1, 0.15) is 0 Å². The van der Waals surface area contributed by atoms with E-state index in [-0.39, 0.29) is 15.6 Å². The summed E-state index contributed by atoms with van der Waals surface area (Å²) in [4.78, 5) is 0. The molecule has 0 saturated heterocycles. The van der Waals surface area contributed by atoms with Gasteiger partial charge in [0.05, 0.1) is 0 Å². The molecule has 2 N–H and O–H groups in total. The van der Waals surface area contributed by atoms with Crippen LogP contribution in [0.4, 0.5) is 0 Å². The van der Waals surface area contributed by atoms with Crippen LogP contribution in [0.1, 0.15) is 26.7 Å². The first kappa shape index (κ1) is 11.3. The highest BCUT2D eigenvalue weighted by Crippen LogP contribution is 2.35. The lowest BCUT2D eigenvalue weighted by Gasteiger charge is -2.27. The van der Waals surface area contributed by atoms with E-state index in [2.05, 4.69) is 32.6 Å². The summed E-state index contributed by atoms with van der Waals surface area (Å²) in [5.41, 5.74) is 5.91. The first-order valence-corrected chi connectivity index (χ1v) is 7.18. The summed E-state index contributed by atoms with van der Waals surface area (Å²) in [6.45, 7) is 4.20. The maximum atomic E-state index is 5.87. The molecule has 0 rings (SSSR count). The van der Waals surface area contributed by atoms with E-state index >= 15 is 0 Å². The lowest BCUT2D eigenvalue weighted by atomic mass is 10.0. The van der Waals surface area contributed by atoms with Crippen LogP contribution in [0.2, 0.25) is 0 Å². The minimum atomic E-state index is -0.302. The van der Waals surface area contributed by atoms with E-state index in [1.807, 2.05) is 0 Å². The Morgan fingerprint density at radius 2 is 1.64 bits per heavy atom. The Morgan fingerprint density at radius 1 is 1.18 bits per heavy atom. The summed E-state index contributed by atoms with van der Waals surface area (Å²) in [6.07, 6.45) is 9.50. The van der Waals surface area contributed by atoms with Crippen LogP contribution in [0.5, 0.6) is 0 Å². The Bertz CT molecular complexity index is 93.7. The molecule has 0 radical (unpaired) electrons. The molecule has 0 bridgehead atoms. The monoisotopic (exact) mass is 177 g/mol. The molecular formula is C9H23NS. The highest BCUT2D eigenvalue weighted by molar-refractivity contribution is 8.32. The SMILES string of the molecule is CC(C)(N)CCCS(C)(C)C. The van der Waals surface area contributed by atoms with Crippen molar-refractivity contribution < 1.29 is 0 Å². The van der Waals surface area contributed by atoms with E-state index < -0.39 is 0 Å². The molecule has 0 aromatic heterocycles. The van der Waals surface area contributed by atoms with Crippen molar-refractivity contribution in [2.24, 2.45) is 5.73 Å². The molecule has 0 aromatic carbocycles. The van der Waals surface area contributed by atoms with Gasteiger partial charge in [-0.2, -0.15) is 0 Å². The van der Waals surface area contributed by atoms with E-state index in [0.29, 0.717) is 0 Å². The lowest BCUT2D eigenvalue weighted by Crippen LogP contribution is -2.31. The molecule has 0 atom stereocenters. The predicted molar refractivity (Wildman–Crippen MR) is 57.7 cm³/mol. The zero-order chi connectivity index (χ0) is 9.12. The molecule has 0 aliphatic carbocycles. The van der Waals surface area contributed by atoms with Gasteiger partial charge in [0.2, 0.25) is 0 Å². The smallest absolute Gasteiger partial charge is 0.00973 e. The standard InChI is InChI=1S/C9H23NS/c1-9(2,10)7-6-8-11(3,4)5/h6-8,10H2,1-5H3. The van der Waals surface area contributed by atoms with Gasteiger partial charge in [0.15, 0.2) is 0 Å². The molecule has 1 nitrogen and oxygen atoms in total. The number of nitrogens with two attached hydrogens (primary N) is 1. The van der Waals surface area contributed by atoms with Crippen molar-refractivity contribution in [3.8, 4) is 0 Å². The van der Waals surface area contributed by atoms with Gasteiger partial charge in [-0.1, -0.05) is 0 Å². The van der Waals surface area contributed by atoms with Crippen molar-refractivity contribution >= 4 is 10.0 Å². The van der Waals surface area contributed by atoms with Crippen molar-refractivity contribution in [2.45, 2.75) is 32.2 Å². The Labute approximate surface area is 73.1 Å². The van der Waals surface area contributed by atoms with E-state index in [0.717, 1.165) is 6.42 Å². The average molecular weight is 177 g/mol. The first-order chi connectivity index (χ1) is 4.71. The number of hydrogen-bond acceptors (Lipinski definition) is 1. The summed E-state index contributed by atoms with van der Waals surface area (Å²) < 4.78 is 0. The maximum absolute atomic E-state index is 5.87. The third-order valence-electron chi connectivity index (χ3n) is 1.58. The van der Waals surface area contributed by atoms with Crippen LogP contribution in [0.25, 0.3) is 0 Å². The molecule has 0 heterocycles. The molecule has 2 heteroatoms. The van der Waals surface area contributed by atoms with Gasteiger partial charge in [-0.15, -0.1) is 0 Å². The third kappa shape index (κ3) is 10.3. The second-order valence-corrected chi connectivity index (χ2v) is 9.48. The summed E-state index contributed by atoms with van der Waals surface area (Å²) in [7, 11) is -0.302. The highest BCUT2D eigenvalue weighted by Gasteiger charge is 2.11. The first-order valence-electron chi connectivity index (χ1n) is 4.16. The molecule has 0 aromatic rings. The normalized spacial score (nSPS) is 15.1. The van der Waals surface area contributed by atoms with Crippen LogP contribution < -0.4 is 5.73 Å². The fourth-order valence-electron chi connectivity index (χ4n) is 0.961. The summed E-state index contributed by atoms with van der Waals surface area (Å²) in [5.74, 6) is 1.35. The largest absolute Gasteiger partial charge is 0.326 e.